The van der Waals surface area contributed by atoms with Gasteiger partial charge in [0, 0.05) is 6.04 Å². The third-order valence-electron chi connectivity index (χ3n) is 3.38. The first-order valence-corrected chi connectivity index (χ1v) is 7.52. The Morgan fingerprint density at radius 2 is 1.84 bits per heavy atom. The fourth-order valence-electron chi connectivity index (χ4n) is 2.35. The van der Waals surface area contributed by atoms with E-state index in [9.17, 15) is 0 Å². The number of hydrogen-bond donors (Lipinski definition) is 1. The maximum Gasteiger partial charge on any atom is 0.118 e. The van der Waals surface area contributed by atoms with Crippen molar-refractivity contribution in [2.24, 2.45) is 5.92 Å². The van der Waals surface area contributed by atoms with Gasteiger partial charge in [-0.15, -0.1) is 0 Å². The van der Waals surface area contributed by atoms with Gasteiger partial charge in [0.2, 0.25) is 0 Å². The fourth-order valence-corrected chi connectivity index (χ4v) is 2.35. The summed E-state index contributed by atoms with van der Waals surface area (Å²) in [6.07, 6.45) is 4.82. The quantitative estimate of drug-likeness (QED) is 0.726. The van der Waals surface area contributed by atoms with Gasteiger partial charge in [0.05, 0.1) is 7.11 Å². The zero-order valence-electron chi connectivity index (χ0n) is 12.9. The molecule has 1 aromatic carbocycles. The zero-order chi connectivity index (χ0) is 14.1. The molecule has 0 saturated carbocycles. The van der Waals surface area contributed by atoms with Crippen LogP contribution < -0.4 is 10.1 Å². The number of nitrogens with one attached hydrogen (secondary N) is 1. The maximum atomic E-state index is 5.19. The van der Waals surface area contributed by atoms with Crippen LogP contribution in [0.1, 0.15) is 45.6 Å². The van der Waals surface area contributed by atoms with E-state index in [0.717, 1.165) is 24.6 Å². The van der Waals surface area contributed by atoms with Crippen LogP contribution in [0.3, 0.4) is 0 Å². The molecule has 0 aliphatic rings. The van der Waals surface area contributed by atoms with Gasteiger partial charge in [-0.05, 0) is 55.8 Å². The molecular weight excluding hydrogens is 234 g/mol. The molecule has 2 heteroatoms. The second-order valence-corrected chi connectivity index (χ2v) is 5.67. The Labute approximate surface area is 118 Å². The van der Waals surface area contributed by atoms with Gasteiger partial charge in [-0.2, -0.15) is 0 Å². The van der Waals surface area contributed by atoms with Gasteiger partial charge in [-0.25, -0.2) is 0 Å². The molecule has 1 atom stereocenters. The molecule has 1 N–H and O–H groups in total. The van der Waals surface area contributed by atoms with Crippen LogP contribution in [-0.2, 0) is 6.42 Å². The number of ether oxygens (including phenoxy) is 1. The van der Waals surface area contributed by atoms with Crippen LogP contribution in [0.5, 0.6) is 5.75 Å². The van der Waals surface area contributed by atoms with Crippen molar-refractivity contribution in [1.82, 2.24) is 5.32 Å². The van der Waals surface area contributed by atoms with Crippen molar-refractivity contribution in [2.45, 2.75) is 52.5 Å². The highest BCUT2D eigenvalue weighted by Crippen LogP contribution is 2.15. The third kappa shape index (κ3) is 6.63. The van der Waals surface area contributed by atoms with Gasteiger partial charge >= 0.3 is 0 Å². The Bertz CT molecular complexity index is 332. The van der Waals surface area contributed by atoms with Crippen molar-refractivity contribution in [1.29, 1.82) is 0 Å². The van der Waals surface area contributed by atoms with E-state index in [4.69, 9.17) is 4.74 Å². The molecule has 0 aromatic heterocycles. The first-order valence-electron chi connectivity index (χ1n) is 7.52. The van der Waals surface area contributed by atoms with E-state index in [0.29, 0.717) is 6.04 Å². The lowest BCUT2D eigenvalue weighted by atomic mass is 9.97. The molecule has 0 aliphatic carbocycles. The predicted octanol–water partition coefficient (Wildman–Crippen LogP) is 4.04. The lowest BCUT2D eigenvalue weighted by Gasteiger charge is -2.20. The molecule has 0 heterocycles. The van der Waals surface area contributed by atoms with E-state index < -0.39 is 0 Å². The molecule has 0 spiro atoms. The lowest BCUT2D eigenvalue weighted by Crippen LogP contribution is -2.31. The lowest BCUT2D eigenvalue weighted by molar-refractivity contribution is 0.398. The third-order valence-corrected chi connectivity index (χ3v) is 3.38. The average Bonchev–Trinajstić information content (AvgIpc) is 2.42. The Morgan fingerprint density at radius 1 is 1.16 bits per heavy atom. The summed E-state index contributed by atoms with van der Waals surface area (Å²) < 4.78 is 5.19. The van der Waals surface area contributed by atoms with Crippen LogP contribution in [0, 0.1) is 5.92 Å². The molecule has 1 aromatic rings. The standard InChI is InChI=1S/C17H29NO/c1-5-12-18-16(13-14(2)3)9-6-15-7-10-17(19-4)11-8-15/h7-8,10-11,14,16,18H,5-6,9,12-13H2,1-4H3. The summed E-state index contributed by atoms with van der Waals surface area (Å²) >= 11 is 0. The Kier molecular flexibility index (Phi) is 7.57. The highest BCUT2D eigenvalue weighted by atomic mass is 16.5. The van der Waals surface area contributed by atoms with Crippen molar-refractivity contribution < 1.29 is 4.74 Å². The van der Waals surface area contributed by atoms with Crippen molar-refractivity contribution in [3.63, 3.8) is 0 Å². The van der Waals surface area contributed by atoms with Gasteiger partial charge in [-0.1, -0.05) is 32.9 Å². The molecule has 0 aliphatic heterocycles. The molecule has 0 fully saturated rings. The molecule has 0 saturated heterocycles. The van der Waals surface area contributed by atoms with Crippen molar-refractivity contribution in [3.05, 3.63) is 29.8 Å². The van der Waals surface area contributed by atoms with Gasteiger partial charge in [0.25, 0.3) is 0 Å². The van der Waals surface area contributed by atoms with E-state index in [-0.39, 0.29) is 0 Å². The smallest absolute Gasteiger partial charge is 0.118 e. The van der Waals surface area contributed by atoms with Gasteiger partial charge in [0.1, 0.15) is 5.75 Å². The molecular formula is C17H29NO. The van der Waals surface area contributed by atoms with Crippen LogP contribution in [0.15, 0.2) is 24.3 Å². The number of rotatable bonds is 9. The van der Waals surface area contributed by atoms with Crippen LogP contribution in [-0.4, -0.2) is 19.7 Å². The summed E-state index contributed by atoms with van der Waals surface area (Å²) in [6.45, 7) is 7.95. The average molecular weight is 263 g/mol. The maximum absolute atomic E-state index is 5.19. The predicted molar refractivity (Wildman–Crippen MR) is 82.9 cm³/mol. The molecule has 19 heavy (non-hydrogen) atoms. The minimum absolute atomic E-state index is 0.641. The second-order valence-electron chi connectivity index (χ2n) is 5.67. The molecule has 0 bridgehead atoms. The van der Waals surface area contributed by atoms with E-state index >= 15 is 0 Å². The number of hydrogen-bond acceptors (Lipinski definition) is 2. The minimum Gasteiger partial charge on any atom is -0.497 e. The largest absolute Gasteiger partial charge is 0.497 e. The zero-order valence-corrected chi connectivity index (χ0v) is 12.9. The number of benzene rings is 1. The van der Waals surface area contributed by atoms with Crippen LogP contribution >= 0.6 is 0 Å². The van der Waals surface area contributed by atoms with Crippen LogP contribution in [0.2, 0.25) is 0 Å². The monoisotopic (exact) mass is 263 g/mol. The Morgan fingerprint density at radius 3 is 2.37 bits per heavy atom. The Balaban J connectivity index is 2.44. The molecule has 0 radical (unpaired) electrons. The summed E-state index contributed by atoms with van der Waals surface area (Å²) in [4.78, 5) is 0. The highest BCUT2D eigenvalue weighted by molar-refractivity contribution is 5.27. The summed E-state index contributed by atoms with van der Waals surface area (Å²) in [5, 5.41) is 3.67. The summed E-state index contributed by atoms with van der Waals surface area (Å²) in [5.41, 5.74) is 1.40. The molecule has 108 valence electrons. The molecule has 1 rings (SSSR count). The van der Waals surface area contributed by atoms with Crippen molar-refractivity contribution in [3.8, 4) is 5.75 Å². The van der Waals surface area contributed by atoms with Crippen LogP contribution in [0.25, 0.3) is 0 Å². The number of methoxy groups -OCH3 is 1. The van der Waals surface area contributed by atoms with Gasteiger partial charge < -0.3 is 10.1 Å². The normalized spacial score (nSPS) is 12.7. The van der Waals surface area contributed by atoms with E-state index in [1.54, 1.807) is 7.11 Å². The van der Waals surface area contributed by atoms with Gasteiger partial charge in [0.15, 0.2) is 0 Å². The first kappa shape index (κ1) is 16.0. The van der Waals surface area contributed by atoms with Crippen molar-refractivity contribution >= 4 is 0 Å². The van der Waals surface area contributed by atoms with E-state index in [1.165, 1.54) is 24.8 Å². The highest BCUT2D eigenvalue weighted by Gasteiger charge is 2.10. The van der Waals surface area contributed by atoms with E-state index in [1.807, 2.05) is 12.1 Å². The fraction of sp³-hybridized carbons (Fsp3) is 0.647. The van der Waals surface area contributed by atoms with Crippen LogP contribution in [0.4, 0.5) is 0 Å². The van der Waals surface area contributed by atoms with Gasteiger partial charge in [-0.3, -0.25) is 0 Å². The minimum atomic E-state index is 0.641. The molecule has 2 nitrogen and oxygen atoms in total. The second kappa shape index (κ2) is 8.98. The first-order chi connectivity index (χ1) is 9.15. The molecule has 1 unspecified atom stereocenters. The van der Waals surface area contributed by atoms with E-state index in [2.05, 4.69) is 38.2 Å². The Hall–Kier alpha value is -1.02. The summed E-state index contributed by atoms with van der Waals surface area (Å²) in [6, 6.07) is 9.08. The number of aryl methyl sites for hydroxylation is 1. The SMILES string of the molecule is CCCNC(CCc1ccc(OC)cc1)CC(C)C. The summed E-state index contributed by atoms with van der Waals surface area (Å²) in [7, 11) is 1.71. The van der Waals surface area contributed by atoms with Crippen molar-refractivity contribution in [2.75, 3.05) is 13.7 Å². The summed E-state index contributed by atoms with van der Waals surface area (Å²) in [5.74, 6) is 1.69. The molecule has 0 amide bonds. The topological polar surface area (TPSA) is 21.3 Å².